The lowest BCUT2D eigenvalue weighted by molar-refractivity contribution is 0.392. The van der Waals surface area contributed by atoms with Gasteiger partial charge in [-0.2, -0.15) is 5.26 Å². The van der Waals surface area contributed by atoms with Gasteiger partial charge < -0.3 is 9.57 Å². The second kappa shape index (κ2) is 10.1. The maximum atomic E-state index is 9.23. The van der Waals surface area contributed by atoms with Crippen molar-refractivity contribution in [2.24, 2.45) is 10.9 Å². The highest BCUT2D eigenvalue weighted by Crippen LogP contribution is 2.31. The van der Waals surface area contributed by atoms with Crippen LogP contribution in [0.4, 0.5) is 5.69 Å². The van der Waals surface area contributed by atoms with Crippen LogP contribution in [0.2, 0.25) is 0 Å². The summed E-state index contributed by atoms with van der Waals surface area (Å²) in [7, 11) is 6.51. The molecule has 4 nitrogen and oxygen atoms in total. The Morgan fingerprint density at radius 2 is 2.04 bits per heavy atom. The van der Waals surface area contributed by atoms with Gasteiger partial charge in [0.05, 0.1) is 12.5 Å². The molecule has 1 atom stereocenters. The first-order chi connectivity index (χ1) is 12.6. The molecule has 0 spiro atoms. The number of rotatable bonds is 8. The van der Waals surface area contributed by atoms with Crippen molar-refractivity contribution in [3.63, 3.8) is 0 Å². The molecule has 0 saturated heterocycles. The molecule has 2 rings (SSSR count). The highest BCUT2D eigenvalue weighted by atomic mass is 31.0. The molecule has 0 aromatic heterocycles. The first-order valence-electron chi connectivity index (χ1n) is 9.07. The number of nitriles is 1. The fourth-order valence-electron chi connectivity index (χ4n) is 2.89. The lowest BCUT2D eigenvalue weighted by Gasteiger charge is -2.27. The Hall–Kier alpha value is -2.11. The van der Waals surface area contributed by atoms with Gasteiger partial charge in [0, 0.05) is 38.4 Å². The lowest BCUT2D eigenvalue weighted by Crippen LogP contribution is -2.33. The van der Waals surface area contributed by atoms with E-state index in [9.17, 15) is 5.26 Å². The average Bonchev–Trinajstić information content (AvgIpc) is 3.44. The molecule has 26 heavy (non-hydrogen) atoms. The van der Waals surface area contributed by atoms with Crippen LogP contribution in [0.15, 0.2) is 53.1 Å². The van der Waals surface area contributed by atoms with Crippen molar-refractivity contribution in [2.45, 2.75) is 32.7 Å². The maximum Gasteiger partial charge on any atom is 0.127 e. The van der Waals surface area contributed by atoms with Crippen LogP contribution >= 0.6 is 9.39 Å². The fraction of sp³-hybridized carbons (Fsp3) is 0.429. The first-order valence-corrected chi connectivity index (χ1v) is 9.59. The van der Waals surface area contributed by atoms with Crippen LogP contribution in [-0.2, 0) is 6.54 Å². The Morgan fingerprint density at radius 3 is 2.54 bits per heavy atom. The zero-order valence-corrected chi connectivity index (χ0v) is 17.2. The van der Waals surface area contributed by atoms with E-state index in [0.29, 0.717) is 6.42 Å². The minimum absolute atomic E-state index is 0.370. The molecule has 0 radical (unpaired) electrons. The molecule has 1 aliphatic rings. The summed E-state index contributed by atoms with van der Waals surface area (Å²) in [5.41, 5.74) is 3.40. The minimum Gasteiger partial charge on any atom is -0.359 e. The van der Waals surface area contributed by atoms with Crippen molar-refractivity contribution >= 4 is 20.9 Å². The quantitative estimate of drug-likeness (QED) is 0.292. The maximum absolute atomic E-state index is 9.23. The Labute approximate surface area is 160 Å². The van der Waals surface area contributed by atoms with Crippen LogP contribution in [0.3, 0.4) is 0 Å². The van der Waals surface area contributed by atoms with Gasteiger partial charge in [0.15, 0.2) is 0 Å². The minimum atomic E-state index is 0.370. The van der Waals surface area contributed by atoms with E-state index in [4.69, 9.17) is 0 Å². The first kappa shape index (κ1) is 20.2. The molecule has 0 bridgehead atoms. The molecule has 0 aliphatic heterocycles. The summed E-state index contributed by atoms with van der Waals surface area (Å²) in [6.45, 7) is 3.79. The van der Waals surface area contributed by atoms with Gasteiger partial charge >= 0.3 is 0 Å². The van der Waals surface area contributed by atoms with Gasteiger partial charge in [-0.15, -0.1) is 0 Å². The third-order valence-electron chi connectivity index (χ3n) is 4.45. The average molecular weight is 368 g/mol. The highest BCUT2D eigenvalue weighted by molar-refractivity contribution is 7.19. The predicted molar refractivity (Wildman–Crippen MR) is 114 cm³/mol. The third-order valence-corrected chi connectivity index (χ3v) is 4.75. The topological polar surface area (TPSA) is 42.6 Å². The van der Waals surface area contributed by atoms with E-state index in [-0.39, 0.29) is 0 Å². The van der Waals surface area contributed by atoms with Gasteiger partial charge in [-0.05, 0) is 52.8 Å². The molecular weight excluding hydrogens is 339 g/mol. The van der Waals surface area contributed by atoms with Gasteiger partial charge in [-0.25, -0.2) is 0 Å². The van der Waals surface area contributed by atoms with Gasteiger partial charge in [0.25, 0.3) is 0 Å². The second-order valence-corrected chi connectivity index (χ2v) is 7.48. The Bertz CT molecular complexity index is 707. The number of anilines is 1. The number of amidine groups is 1. The SMILES string of the molecule is C/C=C/C=C(/CC#N)C(=NC)N(Cc1ccc(N(C)P)cc1)CC1CC1. The molecule has 0 N–H and O–H groups in total. The van der Waals surface area contributed by atoms with Crippen LogP contribution in [0.5, 0.6) is 0 Å². The molecule has 1 aromatic rings. The van der Waals surface area contributed by atoms with E-state index in [1.54, 1.807) is 0 Å². The molecule has 1 aliphatic carbocycles. The molecule has 1 saturated carbocycles. The summed E-state index contributed by atoms with van der Waals surface area (Å²) >= 11 is 0. The van der Waals surface area contributed by atoms with Crippen LogP contribution in [0.1, 0.15) is 31.7 Å². The zero-order valence-electron chi connectivity index (χ0n) is 16.0. The number of benzene rings is 1. The summed E-state index contributed by atoms with van der Waals surface area (Å²) in [5, 5.41) is 9.23. The van der Waals surface area contributed by atoms with Crippen molar-refractivity contribution in [1.29, 1.82) is 5.26 Å². The molecule has 138 valence electrons. The van der Waals surface area contributed by atoms with E-state index in [2.05, 4.69) is 49.6 Å². The van der Waals surface area contributed by atoms with Crippen molar-refractivity contribution in [3.05, 3.63) is 53.6 Å². The Morgan fingerprint density at radius 1 is 1.35 bits per heavy atom. The molecule has 0 heterocycles. The summed E-state index contributed by atoms with van der Waals surface area (Å²) in [6, 6.07) is 10.9. The lowest BCUT2D eigenvalue weighted by atomic mass is 10.1. The second-order valence-electron chi connectivity index (χ2n) is 6.70. The van der Waals surface area contributed by atoms with Gasteiger partial charge in [-0.1, -0.05) is 30.4 Å². The smallest absolute Gasteiger partial charge is 0.127 e. The van der Waals surface area contributed by atoms with E-state index >= 15 is 0 Å². The molecule has 5 heteroatoms. The predicted octanol–water partition coefficient (Wildman–Crippen LogP) is 4.57. The van der Waals surface area contributed by atoms with Crippen molar-refractivity contribution in [1.82, 2.24) is 4.90 Å². The summed E-state index contributed by atoms with van der Waals surface area (Å²) in [6.07, 6.45) is 8.92. The Balaban J connectivity index is 2.24. The number of aliphatic imine (C=N–C) groups is 1. The van der Waals surface area contributed by atoms with Crippen LogP contribution in [0, 0.1) is 17.2 Å². The summed E-state index contributed by atoms with van der Waals surface area (Å²) < 4.78 is 2.02. The van der Waals surface area contributed by atoms with Gasteiger partial charge in [0.1, 0.15) is 5.84 Å². The van der Waals surface area contributed by atoms with E-state index in [1.807, 2.05) is 43.9 Å². The summed E-state index contributed by atoms with van der Waals surface area (Å²) in [5.74, 6) is 1.68. The van der Waals surface area contributed by atoms with Crippen molar-refractivity contribution in [3.8, 4) is 6.07 Å². The van der Waals surface area contributed by atoms with Crippen molar-refractivity contribution < 1.29 is 0 Å². The molecule has 1 aromatic carbocycles. The van der Waals surface area contributed by atoms with Gasteiger partial charge in [-0.3, -0.25) is 4.99 Å². The van der Waals surface area contributed by atoms with Crippen LogP contribution < -0.4 is 4.67 Å². The van der Waals surface area contributed by atoms with E-state index in [1.165, 1.54) is 18.4 Å². The fourth-order valence-corrected chi connectivity index (χ4v) is 3.07. The third kappa shape index (κ3) is 6.00. The molecule has 0 amide bonds. The van der Waals surface area contributed by atoms with Crippen LogP contribution in [0.25, 0.3) is 0 Å². The number of allylic oxidation sites excluding steroid dienone is 3. The monoisotopic (exact) mass is 368 g/mol. The van der Waals surface area contributed by atoms with Crippen molar-refractivity contribution in [2.75, 3.05) is 25.3 Å². The van der Waals surface area contributed by atoms with E-state index < -0.39 is 0 Å². The number of hydrogen-bond acceptors (Lipinski definition) is 3. The van der Waals surface area contributed by atoms with E-state index in [0.717, 1.165) is 36.1 Å². The summed E-state index contributed by atoms with van der Waals surface area (Å²) in [4.78, 5) is 6.90. The normalized spacial score (nSPS) is 15.2. The van der Waals surface area contributed by atoms with Crippen LogP contribution in [-0.4, -0.2) is 31.4 Å². The molecule has 1 unspecified atom stereocenters. The highest BCUT2D eigenvalue weighted by Gasteiger charge is 2.27. The zero-order chi connectivity index (χ0) is 18.9. The Kier molecular flexibility index (Phi) is 7.88. The molecule has 1 fully saturated rings. The number of nitrogens with zero attached hydrogens (tertiary/aromatic N) is 4. The van der Waals surface area contributed by atoms with Gasteiger partial charge in [0.2, 0.25) is 0 Å². The molecular formula is C21H29N4P. The largest absolute Gasteiger partial charge is 0.359 e. The number of hydrogen-bond donors (Lipinski definition) is 0. The standard InChI is InChI=1S/C21H29N4P/c1-4-5-6-19(13-14-22)21(23-2)25(15-17-7-8-17)16-18-9-11-20(12-10-18)24(3)26/h4-6,9-12,17H,7-8,13,15-16,26H2,1-3H3/b5-4+,19-6-,23-21?.